The standard InChI is InChI=1S/C15H18F3NO4S/c1-24(21,22)13-7-10(6-12(8-13)15(16,17)18)9-19-14(20)11-2-4-23-5-3-11/h6-8,11H,2-5,9H2,1H3,(H,19,20). The molecule has 2 rings (SSSR count). The zero-order valence-electron chi connectivity index (χ0n) is 13.0. The van der Waals surface area contributed by atoms with Crippen LogP contribution in [-0.4, -0.2) is 33.8 Å². The minimum Gasteiger partial charge on any atom is -0.381 e. The van der Waals surface area contributed by atoms with Crippen LogP contribution in [0.15, 0.2) is 23.1 Å². The van der Waals surface area contributed by atoms with Crippen LogP contribution in [0.3, 0.4) is 0 Å². The molecule has 9 heteroatoms. The van der Waals surface area contributed by atoms with Crippen LogP contribution >= 0.6 is 0 Å². The molecule has 0 bridgehead atoms. The number of hydrogen-bond donors (Lipinski definition) is 1. The molecule has 1 aliphatic heterocycles. The van der Waals surface area contributed by atoms with Gasteiger partial charge in [-0.05, 0) is 36.6 Å². The maximum atomic E-state index is 12.9. The van der Waals surface area contributed by atoms with E-state index in [0.717, 1.165) is 18.4 Å². The Morgan fingerprint density at radius 2 is 1.88 bits per heavy atom. The number of sulfone groups is 1. The molecule has 0 aliphatic carbocycles. The Bertz CT molecular complexity index is 710. The van der Waals surface area contributed by atoms with Crippen molar-refractivity contribution in [3.63, 3.8) is 0 Å². The molecule has 0 saturated carbocycles. The molecule has 1 heterocycles. The average molecular weight is 365 g/mol. The Hall–Kier alpha value is -1.61. The monoisotopic (exact) mass is 365 g/mol. The van der Waals surface area contributed by atoms with E-state index in [1.54, 1.807) is 0 Å². The summed E-state index contributed by atoms with van der Waals surface area (Å²) in [5.41, 5.74) is -0.966. The van der Waals surface area contributed by atoms with Gasteiger partial charge in [-0.2, -0.15) is 13.2 Å². The number of carbonyl (C=O) groups excluding carboxylic acids is 1. The third kappa shape index (κ3) is 4.94. The highest BCUT2D eigenvalue weighted by Crippen LogP contribution is 2.31. The van der Waals surface area contributed by atoms with Crippen LogP contribution in [0.1, 0.15) is 24.0 Å². The molecule has 134 valence electrons. The maximum Gasteiger partial charge on any atom is 0.416 e. The first-order valence-electron chi connectivity index (χ1n) is 7.34. The van der Waals surface area contributed by atoms with Gasteiger partial charge in [0.05, 0.1) is 10.5 Å². The summed E-state index contributed by atoms with van der Waals surface area (Å²) < 4.78 is 67.1. The van der Waals surface area contributed by atoms with Gasteiger partial charge in [-0.3, -0.25) is 4.79 Å². The van der Waals surface area contributed by atoms with Crippen LogP contribution in [0.5, 0.6) is 0 Å². The summed E-state index contributed by atoms with van der Waals surface area (Å²) in [6.45, 7) is 0.780. The summed E-state index contributed by atoms with van der Waals surface area (Å²) in [6, 6.07) is 2.59. The summed E-state index contributed by atoms with van der Waals surface area (Å²) in [6.07, 6.45) is -2.71. The lowest BCUT2D eigenvalue weighted by atomic mass is 9.99. The molecule has 0 aromatic heterocycles. The van der Waals surface area contributed by atoms with E-state index in [-0.39, 0.29) is 23.9 Å². The fourth-order valence-electron chi connectivity index (χ4n) is 2.43. The Labute approximate surface area is 138 Å². The van der Waals surface area contributed by atoms with Crippen molar-refractivity contribution in [1.29, 1.82) is 0 Å². The quantitative estimate of drug-likeness (QED) is 0.887. The highest BCUT2D eigenvalue weighted by atomic mass is 32.2. The normalized spacial score (nSPS) is 16.8. The average Bonchev–Trinajstić information content (AvgIpc) is 2.51. The number of benzene rings is 1. The molecular weight excluding hydrogens is 347 g/mol. The number of alkyl halides is 3. The summed E-state index contributed by atoms with van der Waals surface area (Å²) in [4.78, 5) is 11.6. The smallest absolute Gasteiger partial charge is 0.381 e. The van der Waals surface area contributed by atoms with Crippen molar-refractivity contribution in [2.45, 2.75) is 30.5 Å². The van der Waals surface area contributed by atoms with Crippen LogP contribution < -0.4 is 5.32 Å². The molecule has 0 atom stereocenters. The van der Waals surface area contributed by atoms with E-state index in [9.17, 15) is 26.4 Å². The number of ether oxygens (including phenoxy) is 1. The number of halogens is 3. The second kappa shape index (κ2) is 7.10. The first-order valence-corrected chi connectivity index (χ1v) is 9.23. The SMILES string of the molecule is CS(=O)(=O)c1cc(CNC(=O)C2CCOCC2)cc(C(F)(F)F)c1. The molecule has 0 radical (unpaired) electrons. The maximum absolute atomic E-state index is 12.9. The van der Waals surface area contributed by atoms with Crippen molar-refractivity contribution in [3.8, 4) is 0 Å². The molecule has 1 amide bonds. The summed E-state index contributed by atoms with van der Waals surface area (Å²) in [5.74, 6) is -0.504. The molecular formula is C15H18F3NO4S. The predicted molar refractivity (Wildman–Crippen MR) is 79.9 cm³/mol. The fraction of sp³-hybridized carbons (Fsp3) is 0.533. The largest absolute Gasteiger partial charge is 0.416 e. The number of rotatable bonds is 4. The molecule has 1 aromatic carbocycles. The van der Waals surface area contributed by atoms with Crippen molar-refractivity contribution in [2.75, 3.05) is 19.5 Å². The Morgan fingerprint density at radius 3 is 2.42 bits per heavy atom. The van der Waals surface area contributed by atoms with Gasteiger partial charge in [0.25, 0.3) is 0 Å². The van der Waals surface area contributed by atoms with E-state index >= 15 is 0 Å². The highest BCUT2D eigenvalue weighted by Gasteiger charge is 2.32. The fourth-order valence-corrected chi connectivity index (χ4v) is 3.14. The van der Waals surface area contributed by atoms with Crippen molar-refractivity contribution in [2.24, 2.45) is 5.92 Å². The molecule has 1 saturated heterocycles. The Kier molecular flexibility index (Phi) is 5.54. The van der Waals surface area contributed by atoms with E-state index in [1.807, 2.05) is 0 Å². The third-order valence-corrected chi connectivity index (χ3v) is 4.87. The number of nitrogens with one attached hydrogen (secondary N) is 1. The molecule has 5 nitrogen and oxygen atoms in total. The second-order valence-corrected chi connectivity index (χ2v) is 7.76. The minimum absolute atomic E-state index is 0.0886. The van der Waals surface area contributed by atoms with Gasteiger partial charge in [0.2, 0.25) is 5.91 Å². The molecule has 0 unspecified atom stereocenters. The summed E-state index contributed by atoms with van der Waals surface area (Å²) in [5, 5.41) is 2.57. The molecule has 1 aliphatic rings. The van der Waals surface area contributed by atoms with Crippen LogP contribution in [-0.2, 0) is 32.1 Å². The third-order valence-electron chi connectivity index (χ3n) is 3.78. The Balaban J connectivity index is 2.18. The minimum atomic E-state index is -4.67. The van der Waals surface area contributed by atoms with Gasteiger partial charge in [0.15, 0.2) is 9.84 Å². The zero-order valence-corrected chi connectivity index (χ0v) is 13.8. The van der Waals surface area contributed by atoms with Gasteiger partial charge in [-0.25, -0.2) is 8.42 Å². The summed E-state index contributed by atoms with van der Waals surface area (Å²) in [7, 11) is -3.80. The van der Waals surface area contributed by atoms with Crippen molar-refractivity contribution in [1.82, 2.24) is 5.32 Å². The van der Waals surface area contributed by atoms with Crippen LogP contribution in [0.4, 0.5) is 13.2 Å². The topological polar surface area (TPSA) is 72.5 Å². The number of hydrogen-bond acceptors (Lipinski definition) is 4. The van der Waals surface area contributed by atoms with Gasteiger partial charge >= 0.3 is 6.18 Å². The molecule has 0 spiro atoms. The second-order valence-electron chi connectivity index (χ2n) is 5.74. The van der Waals surface area contributed by atoms with E-state index in [4.69, 9.17) is 4.74 Å². The van der Waals surface area contributed by atoms with Crippen molar-refractivity contribution >= 4 is 15.7 Å². The molecule has 24 heavy (non-hydrogen) atoms. The van der Waals surface area contributed by atoms with Crippen molar-refractivity contribution in [3.05, 3.63) is 29.3 Å². The lowest BCUT2D eigenvalue weighted by molar-refractivity contribution is -0.137. The van der Waals surface area contributed by atoms with Crippen LogP contribution in [0.2, 0.25) is 0 Å². The number of amides is 1. The van der Waals surface area contributed by atoms with Gasteiger partial charge in [-0.15, -0.1) is 0 Å². The van der Waals surface area contributed by atoms with E-state index in [1.165, 1.54) is 0 Å². The van der Waals surface area contributed by atoms with Gasteiger partial charge in [0.1, 0.15) is 0 Å². The highest BCUT2D eigenvalue weighted by molar-refractivity contribution is 7.90. The predicted octanol–water partition coefficient (Wildman–Crippen LogP) is 2.15. The summed E-state index contributed by atoms with van der Waals surface area (Å²) >= 11 is 0. The van der Waals surface area contributed by atoms with Crippen LogP contribution in [0, 0.1) is 5.92 Å². The first-order chi connectivity index (χ1) is 11.1. The lowest BCUT2D eigenvalue weighted by Gasteiger charge is -2.21. The van der Waals surface area contributed by atoms with Crippen LogP contribution in [0.25, 0.3) is 0 Å². The number of carbonyl (C=O) groups is 1. The van der Waals surface area contributed by atoms with E-state index in [2.05, 4.69) is 5.32 Å². The van der Waals surface area contributed by atoms with E-state index in [0.29, 0.717) is 32.1 Å². The van der Waals surface area contributed by atoms with Crippen molar-refractivity contribution < 1.29 is 31.1 Å². The molecule has 1 N–H and O–H groups in total. The molecule has 1 aromatic rings. The molecule has 1 fully saturated rings. The van der Waals surface area contributed by atoms with E-state index < -0.39 is 26.5 Å². The Morgan fingerprint density at radius 1 is 1.25 bits per heavy atom. The lowest BCUT2D eigenvalue weighted by Crippen LogP contribution is -2.33. The van der Waals surface area contributed by atoms with Gasteiger partial charge in [0, 0.05) is 31.9 Å². The first kappa shape index (κ1) is 18.7. The van der Waals surface area contributed by atoms with Gasteiger partial charge in [-0.1, -0.05) is 0 Å². The van der Waals surface area contributed by atoms with Gasteiger partial charge < -0.3 is 10.1 Å². The zero-order chi connectivity index (χ0) is 18.0.